The molecule has 2 saturated heterocycles. The average Bonchev–Trinajstić information content (AvgIpc) is 2.91. The molecule has 2 aromatic rings. The van der Waals surface area contributed by atoms with Gasteiger partial charge < -0.3 is 14.7 Å². The number of benzene rings is 2. The number of nitrogens with zero attached hydrogens (tertiary/aromatic N) is 3. The van der Waals surface area contributed by atoms with E-state index in [2.05, 4.69) is 0 Å². The fourth-order valence-electron chi connectivity index (χ4n) is 5.57. The first-order valence-corrected chi connectivity index (χ1v) is 13.2. The number of carbonyl (C=O) groups excluding carboxylic acids is 3. The predicted molar refractivity (Wildman–Crippen MR) is 138 cm³/mol. The van der Waals surface area contributed by atoms with Crippen LogP contribution in [-0.4, -0.2) is 71.7 Å². The standard InChI is InChI=1S/C28H30ClF4N3O3/c1-17(37)35-12-9-19(10-13-35)27(39)36-14-11-25(22(16-36)18-3-6-21(30)7-4-18)34(2)26(38)20-5-8-24(29)23(15-20)28(31,32)33/h3-8,15,19,22,25H,9-14,16H2,1-2H3/t22-,25+/m0/s1. The maximum atomic E-state index is 13.7. The van der Waals surface area contributed by atoms with Crippen LogP contribution in [0.5, 0.6) is 0 Å². The number of amides is 3. The number of hydrogen-bond acceptors (Lipinski definition) is 3. The molecule has 2 aliphatic rings. The van der Waals surface area contributed by atoms with Gasteiger partial charge in [-0.2, -0.15) is 13.2 Å². The Bertz CT molecular complexity index is 1230. The average molecular weight is 568 g/mol. The van der Waals surface area contributed by atoms with Crippen LogP contribution in [-0.2, 0) is 15.8 Å². The number of piperidine rings is 2. The molecule has 3 amide bonds. The van der Waals surface area contributed by atoms with E-state index in [9.17, 15) is 31.9 Å². The monoisotopic (exact) mass is 567 g/mol. The van der Waals surface area contributed by atoms with Crippen molar-refractivity contribution >= 4 is 29.3 Å². The van der Waals surface area contributed by atoms with Gasteiger partial charge in [0.05, 0.1) is 10.6 Å². The molecule has 6 nitrogen and oxygen atoms in total. The lowest BCUT2D eigenvalue weighted by atomic mass is 9.83. The summed E-state index contributed by atoms with van der Waals surface area (Å²) in [7, 11) is 1.53. The van der Waals surface area contributed by atoms with Crippen molar-refractivity contribution in [2.24, 2.45) is 5.92 Å². The number of halogens is 5. The summed E-state index contributed by atoms with van der Waals surface area (Å²) in [5, 5.41) is -0.494. The summed E-state index contributed by atoms with van der Waals surface area (Å²) in [5.41, 5.74) is -0.519. The third-order valence-corrected chi connectivity index (χ3v) is 8.14. The second kappa shape index (κ2) is 11.5. The number of rotatable bonds is 4. The minimum atomic E-state index is -4.71. The number of carbonyl (C=O) groups is 3. The number of hydrogen-bond donors (Lipinski definition) is 0. The highest BCUT2D eigenvalue weighted by Gasteiger charge is 2.40. The summed E-state index contributed by atoms with van der Waals surface area (Å²) in [4.78, 5) is 43.3. The first-order chi connectivity index (χ1) is 18.4. The SMILES string of the molecule is CC(=O)N1CCC(C(=O)N2CC[C@@H](N(C)C(=O)c3ccc(Cl)c(C(F)(F)F)c3)[C@H](c3ccc(F)cc3)C2)CC1. The molecule has 4 rings (SSSR count). The molecule has 0 saturated carbocycles. The zero-order chi connectivity index (χ0) is 28.5. The van der Waals surface area contributed by atoms with Crippen LogP contribution in [0.1, 0.15) is 53.6 Å². The van der Waals surface area contributed by atoms with Gasteiger partial charge in [-0.1, -0.05) is 23.7 Å². The molecule has 0 bridgehead atoms. The van der Waals surface area contributed by atoms with Gasteiger partial charge >= 0.3 is 6.18 Å². The largest absolute Gasteiger partial charge is 0.417 e. The zero-order valence-corrected chi connectivity index (χ0v) is 22.4. The lowest BCUT2D eigenvalue weighted by Crippen LogP contribution is -2.53. The van der Waals surface area contributed by atoms with E-state index in [1.807, 2.05) is 0 Å². The third-order valence-electron chi connectivity index (χ3n) is 7.81. The first kappa shape index (κ1) is 28.9. The van der Waals surface area contributed by atoms with E-state index in [4.69, 9.17) is 11.6 Å². The topological polar surface area (TPSA) is 60.9 Å². The molecule has 2 atom stereocenters. The normalized spacial score (nSPS) is 20.6. The van der Waals surface area contributed by atoms with Crippen molar-refractivity contribution in [2.75, 3.05) is 33.2 Å². The third kappa shape index (κ3) is 6.37. The van der Waals surface area contributed by atoms with Crippen molar-refractivity contribution in [1.82, 2.24) is 14.7 Å². The Morgan fingerprint density at radius 3 is 2.15 bits per heavy atom. The zero-order valence-electron chi connectivity index (χ0n) is 21.7. The van der Waals surface area contributed by atoms with Crippen molar-refractivity contribution in [2.45, 2.75) is 44.3 Å². The molecule has 210 valence electrons. The van der Waals surface area contributed by atoms with Crippen LogP contribution in [0.3, 0.4) is 0 Å². The van der Waals surface area contributed by atoms with Crippen LogP contribution in [0, 0.1) is 11.7 Å². The van der Waals surface area contributed by atoms with Crippen molar-refractivity contribution in [1.29, 1.82) is 0 Å². The van der Waals surface area contributed by atoms with Crippen molar-refractivity contribution in [3.05, 3.63) is 70.0 Å². The van der Waals surface area contributed by atoms with Gasteiger partial charge in [0.2, 0.25) is 11.8 Å². The number of likely N-dealkylation sites (N-methyl/N-ethyl adjacent to an activating group) is 1. The van der Waals surface area contributed by atoms with Crippen LogP contribution in [0.4, 0.5) is 17.6 Å². The maximum Gasteiger partial charge on any atom is 0.417 e. The van der Waals surface area contributed by atoms with Gasteiger partial charge in [0.15, 0.2) is 0 Å². The van der Waals surface area contributed by atoms with E-state index in [1.54, 1.807) is 21.9 Å². The van der Waals surface area contributed by atoms with E-state index < -0.39 is 34.5 Å². The van der Waals surface area contributed by atoms with Gasteiger partial charge in [0, 0.05) is 63.6 Å². The molecule has 2 fully saturated rings. The fourth-order valence-corrected chi connectivity index (χ4v) is 5.79. The van der Waals surface area contributed by atoms with E-state index in [1.165, 1.54) is 37.1 Å². The Morgan fingerprint density at radius 2 is 1.56 bits per heavy atom. The second-order valence-electron chi connectivity index (χ2n) is 10.2. The molecule has 0 N–H and O–H groups in total. The van der Waals surface area contributed by atoms with Gasteiger partial charge in [-0.3, -0.25) is 14.4 Å². The Hall–Kier alpha value is -3.14. The quantitative estimate of drug-likeness (QED) is 0.477. The molecule has 0 spiro atoms. The molecule has 11 heteroatoms. The molecule has 39 heavy (non-hydrogen) atoms. The smallest absolute Gasteiger partial charge is 0.343 e. The van der Waals surface area contributed by atoms with Crippen LogP contribution >= 0.6 is 11.6 Å². The van der Waals surface area contributed by atoms with E-state index >= 15 is 0 Å². The fraction of sp³-hybridized carbons (Fsp3) is 0.464. The number of likely N-dealkylation sites (tertiary alicyclic amines) is 2. The van der Waals surface area contributed by atoms with Gasteiger partial charge in [-0.25, -0.2) is 4.39 Å². The lowest BCUT2D eigenvalue weighted by molar-refractivity contribution is -0.141. The van der Waals surface area contributed by atoms with Crippen LogP contribution in [0.25, 0.3) is 0 Å². The maximum absolute atomic E-state index is 13.7. The Labute approximate surface area is 229 Å². The highest BCUT2D eigenvalue weighted by atomic mass is 35.5. The highest BCUT2D eigenvalue weighted by molar-refractivity contribution is 6.31. The van der Waals surface area contributed by atoms with Crippen LogP contribution < -0.4 is 0 Å². The van der Waals surface area contributed by atoms with Gasteiger partial charge in [0.25, 0.3) is 5.91 Å². The highest BCUT2D eigenvalue weighted by Crippen LogP contribution is 2.37. The van der Waals surface area contributed by atoms with E-state index in [0.29, 0.717) is 38.9 Å². The van der Waals surface area contributed by atoms with E-state index in [0.717, 1.165) is 17.7 Å². The molecule has 0 aliphatic carbocycles. The molecule has 2 aliphatic heterocycles. The molecule has 0 radical (unpaired) electrons. The second-order valence-corrected chi connectivity index (χ2v) is 10.6. The predicted octanol–water partition coefficient (Wildman–Crippen LogP) is 5.21. The van der Waals surface area contributed by atoms with Gasteiger partial charge in [-0.15, -0.1) is 0 Å². The van der Waals surface area contributed by atoms with Crippen molar-refractivity contribution < 1.29 is 31.9 Å². The van der Waals surface area contributed by atoms with Crippen LogP contribution in [0.2, 0.25) is 5.02 Å². The molecular weight excluding hydrogens is 538 g/mol. The lowest BCUT2D eigenvalue weighted by Gasteiger charge is -2.44. The number of alkyl halides is 3. The molecule has 2 aromatic carbocycles. The Balaban J connectivity index is 1.56. The van der Waals surface area contributed by atoms with Crippen LogP contribution in [0.15, 0.2) is 42.5 Å². The molecule has 0 unspecified atom stereocenters. The summed E-state index contributed by atoms with van der Waals surface area (Å²) in [6.07, 6.45) is -3.19. The van der Waals surface area contributed by atoms with Crippen molar-refractivity contribution in [3.63, 3.8) is 0 Å². The van der Waals surface area contributed by atoms with Gasteiger partial charge in [-0.05, 0) is 55.2 Å². The summed E-state index contributed by atoms with van der Waals surface area (Å²) in [5.74, 6) is -1.68. The van der Waals surface area contributed by atoms with Gasteiger partial charge in [0.1, 0.15) is 5.82 Å². The summed E-state index contributed by atoms with van der Waals surface area (Å²) in [6.45, 7) is 3.17. The summed E-state index contributed by atoms with van der Waals surface area (Å²) in [6, 6.07) is 8.44. The molecule has 2 heterocycles. The Kier molecular flexibility index (Phi) is 8.54. The summed E-state index contributed by atoms with van der Waals surface area (Å²) < 4.78 is 53.9. The minimum absolute atomic E-state index is 0.0196. The minimum Gasteiger partial charge on any atom is -0.343 e. The van der Waals surface area contributed by atoms with E-state index in [-0.39, 0.29) is 35.8 Å². The molecule has 0 aromatic heterocycles. The first-order valence-electron chi connectivity index (χ1n) is 12.8. The molecular formula is C28H30ClF4N3O3. The Morgan fingerprint density at radius 1 is 0.949 bits per heavy atom. The summed E-state index contributed by atoms with van der Waals surface area (Å²) >= 11 is 5.73. The van der Waals surface area contributed by atoms with Crippen molar-refractivity contribution in [3.8, 4) is 0 Å².